The first-order valence-electron chi connectivity index (χ1n) is 5.29. The van der Waals surface area contributed by atoms with Gasteiger partial charge in [0.1, 0.15) is 0 Å². The fraction of sp³-hybridized carbons (Fsp3) is 0.364. The Labute approximate surface area is 98.3 Å². The van der Waals surface area contributed by atoms with Crippen LogP contribution in [0.25, 0.3) is 5.82 Å². The van der Waals surface area contributed by atoms with Crippen LogP contribution in [0.5, 0.6) is 0 Å². The second-order valence-electron chi connectivity index (χ2n) is 4.11. The second kappa shape index (κ2) is 3.56. The minimum Gasteiger partial charge on any atom is -0.226 e. The quantitative estimate of drug-likeness (QED) is 0.750. The molecule has 1 aliphatic rings. The summed E-state index contributed by atoms with van der Waals surface area (Å²) >= 11 is 5.79. The first kappa shape index (κ1) is 9.78. The zero-order valence-electron chi connectivity index (χ0n) is 8.89. The van der Waals surface area contributed by atoms with Gasteiger partial charge in [-0.15, -0.1) is 0 Å². The van der Waals surface area contributed by atoms with E-state index in [-0.39, 0.29) is 5.28 Å². The normalized spacial score (nSPS) is 15.4. The Morgan fingerprint density at radius 1 is 1.44 bits per heavy atom. The predicted octanol–water partition coefficient (Wildman–Crippen LogP) is 2.50. The number of hydrogen-bond donors (Lipinski definition) is 0. The van der Waals surface area contributed by atoms with Crippen LogP contribution in [-0.4, -0.2) is 19.7 Å². The first-order chi connectivity index (χ1) is 7.74. The van der Waals surface area contributed by atoms with Gasteiger partial charge >= 0.3 is 0 Å². The Morgan fingerprint density at radius 3 is 3.00 bits per heavy atom. The van der Waals surface area contributed by atoms with Crippen molar-refractivity contribution in [1.82, 2.24) is 19.7 Å². The number of nitrogens with zero attached hydrogens (tertiary/aromatic N) is 4. The molecule has 0 bridgehead atoms. The molecule has 0 radical (unpaired) electrons. The van der Waals surface area contributed by atoms with Crippen molar-refractivity contribution in [2.24, 2.45) is 0 Å². The summed E-state index contributed by atoms with van der Waals surface area (Å²) in [5.74, 6) is 1.41. The average Bonchev–Trinajstić information content (AvgIpc) is 3.01. The summed E-state index contributed by atoms with van der Waals surface area (Å²) in [6.07, 6.45) is 6.14. The lowest BCUT2D eigenvalue weighted by Crippen LogP contribution is -2.03. The molecule has 5 heteroatoms. The molecule has 1 fully saturated rings. The minimum absolute atomic E-state index is 0.254. The molecule has 4 nitrogen and oxygen atoms in total. The van der Waals surface area contributed by atoms with Crippen LogP contribution in [0.2, 0.25) is 5.28 Å². The van der Waals surface area contributed by atoms with Gasteiger partial charge in [-0.1, -0.05) is 0 Å². The standard InChI is InChI=1S/C11H11ClN4/c1-7-6-13-11(12)14-10(7)16-5-4-9(15-16)8-2-3-8/h4-6,8H,2-3H2,1H3. The molecule has 0 amide bonds. The molecule has 1 saturated carbocycles. The lowest BCUT2D eigenvalue weighted by Gasteiger charge is -2.03. The summed E-state index contributed by atoms with van der Waals surface area (Å²) in [4.78, 5) is 8.12. The first-order valence-corrected chi connectivity index (χ1v) is 5.67. The molecule has 2 aromatic rings. The van der Waals surface area contributed by atoms with Crippen molar-refractivity contribution in [1.29, 1.82) is 0 Å². The van der Waals surface area contributed by atoms with Crippen LogP contribution in [0.15, 0.2) is 18.5 Å². The zero-order valence-corrected chi connectivity index (χ0v) is 9.65. The van der Waals surface area contributed by atoms with Crippen LogP contribution < -0.4 is 0 Å². The molecule has 0 unspecified atom stereocenters. The zero-order chi connectivity index (χ0) is 11.1. The van der Waals surface area contributed by atoms with Crippen molar-refractivity contribution in [2.45, 2.75) is 25.7 Å². The van der Waals surface area contributed by atoms with Crippen molar-refractivity contribution in [3.8, 4) is 5.82 Å². The van der Waals surface area contributed by atoms with E-state index in [1.54, 1.807) is 10.9 Å². The summed E-state index contributed by atoms with van der Waals surface area (Å²) in [7, 11) is 0. The Morgan fingerprint density at radius 2 is 2.25 bits per heavy atom. The maximum atomic E-state index is 5.79. The molecule has 0 aliphatic heterocycles. The van der Waals surface area contributed by atoms with Gasteiger partial charge in [-0.2, -0.15) is 10.1 Å². The van der Waals surface area contributed by atoms with E-state index in [0.717, 1.165) is 17.1 Å². The van der Waals surface area contributed by atoms with Crippen LogP contribution >= 0.6 is 11.6 Å². The monoisotopic (exact) mass is 234 g/mol. The number of aromatic nitrogens is 4. The number of aryl methyl sites for hydroxylation is 1. The maximum absolute atomic E-state index is 5.79. The summed E-state index contributed by atoms with van der Waals surface area (Å²) < 4.78 is 1.77. The summed E-state index contributed by atoms with van der Waals surface area (Å²) in [6.45, 7) is 1.95. The van der Waals surface area contributed by atoms with Crippen molar-refractivity contribution >= 4 is 11.6 Å². The van der Waals surface area contributed by atoms with Gasteiger partial charge in [0.05, 0.1) is 5.69 Å². The topological polar surface area (TPSA) is 43.6 Å². The van der Waals surface area contributed by atoms with E-state index in [1.807, 2.05) is 19.2 Å². The Hall–Kier alpha value is -1.42. The molecule has 16 heavy (non-hydrogen) atoms. The number of hydrogen-bond acceptors (Lipinski definition) is 3. The lowest BCUT2D eigenvalue weighted by atomic mass is 10.3. The Balaban J connectivity index is 2.03. The van der Waals surface area contributed by atoms with Gasteiger partial charge in [0.2, 0.25) is 5.28 Å². The molecule has 0 atom stereocenters. The third-order valence-corrected chi connectivity index (χ3v) is 2.92. The highest BCUT2D eigenvalue weighted by Crippen LogP contribution is 2.39. The SMILES string of the molecule is Cc1cnc(Cl)nc1-n1ccc(C2CC2)n1. The third kappa shape index (κ3) is 1.69. The van der Waals surface area contributed by atoms with E-state index in [2.05, 4.69) is 15.1 Å². The van der Waals surface area contributed by atoms with Crippen LogP contribution in [0.3, 0.4) is 0 Å². The van der Waals surface area contributed by atoms with Crippen molar-refractivity contribution in [2.75, 3.05) is 0 Å². The summed E-state index contributed by atoms with van der Waals surface area (Å²) in [5.41, 5.74) is 2.11. The lowest BCUT2D eigenvalue weighted by molar-refractivity contribution is 0.800. The van der Waals surface area contributed by atoms with Crippen LogP contribution in [-0.2, 0) is 0 Å². The van der Waals surface area contributed by atoms with Gasteiger partial charge in [0.25, 0.3) is 0 Å². The van der Waals surface area contributed by atoms with Crippen molar-refractivity contribution in [3.05, 3.63) is 35.0 Å². The maximum Gasteiger partial charge on any atom is 0.224 e. The van der Waals surface area contributed by atoms with Gasteiger partial charge in [-0.3, -0.25) is 0 Å². The molecule has 0 saturated heterocycles. The van der Waals surface area contributed by atoms with E-state index in [0.29, 0.717) is 5.92 Å². The van der Waals surface area contributed by atoms with Crippen LogP contribution in [0.1, 0.15) is 30.0 Å². The van der Waals surface area contributed by atoms with Crippen LogP contribution in [0.4, 0.5) is 0 Å². The highest BCUT2D eigenvalue weighted by Gasteiger charge is 2.26. The van der Waals surface area contributed by atoms with Crippen molar-refractivity contribution in [3.63, 3.8) is 0 Å². The molecule has 1 aliphatic carbocycles. The second-order valence-corrected chi connectivity index (χ2v) is 4.44. The van der Waals surface area contributed by atoms with Gasteiger partial charge in [-0.05, 0) is 37.4 Å². The molecule has 0 aromatic carbocycles. The molecule has 2 heterocycles. The number of halogens is 1. The highest BCUT2D eigenvalue weighted by molar-refractivity contribution is 6.28. The molecule has 82 valence electrons. The third-order valence-electron chi connectivity index (χ3n) is 2.74. The number of rotatable bonds is 2. The predicted molar refractivity (Wildman–Crippen MR) is 60.9 cm³/mol. The Kier molecular flexibility index (Phi) is 2.17. The smallest absolute Gasteiger partial charge is 0.224 e. The van der Waals surface area contributed by atoms with Crippen molar-refractivity contribution < 1.29 is 0 Å². The fourth-order valence-electron chi connectivity index (χ4n) is 1.70. The van der Waals surface area contributed by atoms with E-state index in [1.165, 1.54) is 12.8 Å². The van der Waals surface area contributed by atoms with Crippen LogP contribution in [0, 0.1) is 6.92 Å². The molecular weight excluding hydrogens is 224 g/mol. The van der Waals surface area contributed by atoms with E-state index < -0.39 is 0 Å². The highest BCUT2D eigenvalue weighted by atomic mass is 35.5. The Bertz CT molecular complexity index is 531. The van der Waals surface area contributed by atoms with E-state index in [4.69, 9.17) is 11.6 Å². The van der Waals surface area contributed by atoms with E-state index in [9.17, 15) is 0 Å². The van der Waals surface area contributed by atoms with E-state index >= 15 is 0 Å². The van der Waals surface area contributed by atoms with Gasteiger partial charge in [0.15, 0.2) is 5.82 Å². The fourth-order valence-corrected chi connectivity index (χ4v) is 1.83. The molecule has 0 N–H and O–H groups in total. The van der Waals surface area contributed by atoms with Gasteiger partial charge in [0, 0.05) is 23.9 Å². The average molecular weight is 235 g/mol. The molecule has 3 rings (SSSR count). The molecule has 0 spiro atoms. The molecular formula is C11H11ClN4. The minimum atomic E-state index is 0.254. The summed E-state index contributed by atoms with van der Waals surface area (Å²) in [6, 6.07) is 2.05. The van der Waals surface area contributed by atoms with Gasteiger partial charge < -0.3 is 0 Å². The summed E-state index contributed by atoms with van der Waals surface area (Å²) in [5, 5.41) is 4.77. The molecule has 2 aromatic heterocycles. The largest absolute Gasteiger partial charge is 0.226 e. The van der Waals surface area contributed by atoms with Gasteiger partial charge in [-0.25, -0.2) is 9.67 Å².